The molecule has 3 rings (SSSR count). The van der Waals surface area contributed by atoms with E-state index in [-0.39, 0.29) is 17.9 Å². The maximum Gasteiger partial charge on any atom is 0.220 e. The number of hydrogen-bond donors (Lipinski definition) is 1. The molecule has 1 amide bonds. The Balaban J connectivity index is 1.63. The zero-order valence-corrected chi connectivity index (χ0v) is 17.2. The third kappa shape index (κ3) is 5.81. The van der Waals surface area contributed by atoms with Gasteiger partial charge >= 0.3 is 0 Å². The first-order chi connectivity index (χ1) is 13.7. The van der Waals surface area contributed by atoms with Crippen LogP contribution in [0.5, 0.6) is 0 Å². The van der Waals surface area contributed by atoms with Crippen molar-refractivity contribution in [2.45, 2.75) is 31.7 Å². The number of carbonyl (C=O) groups is 1. The standard InChI is InChI=1S/C23H29ClN2O2/c1-2-18(19-6-4-3-5-7-19)16-23(27)25-17-22(26-12-14-28-15-13-26)20-8-10-21(24)11-9-20/h3-11,18,22H,2,12-17H2,1H3,(H,25,27). The van der Waals surface area contributed by atoms with E-state index in [0.717, 1.165) is 37.7 Å². The number of ether oxygens (including phenoxy) is 1. The van der Waals surface area contributed by atoms with Gasteiger partial charge in [-0.1, -0.05) is 61.0 Å². The SMILES string of the molecule is CCC(CC(=O)NCC(c1ccc(Cl)cc1)N1CCOCC1)c1ccccc1. The Bertz CT molecular complexity index is 730. The summed E-state index contributed by atoms with van der Waals surface area (Å²) in [7, 11) is 0. The van der Waals surface area contributed by atoms with Crippen LogP contribution in [-0.2, 0) is 9.53 Å². The van der Waals surface area contributed by atoms with E-state index in [2.05, 4.69) is 29.3 Å². The van der Waals surface area contributed by atoms with Gasteiger partial charge in [-0.2, -0.15) is 0 Å². The first kappa shape index (κ1) is 20.8. The van der Waals surface area contributed by atoms with Crippen LogP contribution < -0.4 is 5.32 Å². The van der Waals surface area contributed by atoms with E-state index in [9.17, 15) is 4.79 Å². The van der Waals surface area contributed by atoms with E-state index in [4.69, 9.17) is 16.3 Å². The molecule has 0 spiro atoms. The average molecular weight is 401 g/mol. The topological polar surface area (TPSA) is 41.6 Å². The van der Waals surface area contributed by atoms with Gasteiger partial charge in [0.05, 0.1) is 19.3 Å². The highest BCUT2D eigenvalue weighted by molar-refractivity contribution is 6.30. The molecule has 0 aliphatic carbocycles. The molecule has 1 heterocycles. The largest absolute Gasteiger partial charge is 0.379 e. The Morgan fingerprint density at radius 3 is 2.39 bits per heavy atom. The summed E-state index contributed by atoms with van der Waals surface area (Å²) in [6.07, 6.45) is 1.46. The summed E-state index contributed by atoms with van der Waals surface area (Å²) in [5, 5.41) is 3.90. The van der Waals surface area contributed by atoms with Gasteiger partial charge in [0, 0.05) is 31.1 Å². The molecule has 1 saturated heterocycles. The van der Waals surface area contributed by atoms with Crippen molar-refractivity contribution in [3.63, 3.8) is 0 Å². The quantitative estimate of drug-likeness (QED) is 0.713. The number of rotatable bonds is 8. The van der Waals surface area contributed by atoms with Crippen molar-refractivity contribution in [3.8, 4) is 0 Å². The molecule has 28 heavy (non-hydrogen) atoms. The number of benzene rings is 2. The van der Waals surface area contributed by atoms with Crippen LogP contribution in [0.25, 0.3) is 0 Å². The number of morpholine rings is 1. The summed E-state index contributed by atoms with van der Waals surface area (Å²) in [6.45, 7) is 5.91. The summed E-state index contributed by atoms with van der Waals surface area (Å²) < 4.78 is 5.50. The highest BCUT2D eigenvalue weighted by Gasteiger charge is 2.24. The Morgan fingerprint density at radius 1 is 1.07 bits per heavy atom. The number of carbonyl (C=O) groups excluding carboxylic acids is 1. The van der Waals surface area contributed by atoms with E-state index in [1.54, 1.807) is 0 Å². The van der Waals surface area contributed by atoms with Gasteiger partial charge in [-0.15, -0.1) is 0 Å². The maximum atomic E-state index is 12.7. The van der Waals surface area contributed by atoms with E-state index in [0.29, 0.717) is 13.0 Å². The second-order valence-electron chi connectivity index (χ2n) is 7.24. The van der Waals surface area contributed by atoms with Crippen LogP contribution >= 0.6 is 11.6 Å². The van der Waals surface area contributed by atoms with Gasteiger partial charge in [0.1, 0.15) is 0 Å². The van der Waals surface area contributed by atoms with Gasteiger partial charge in [0.2, 0.25) is 5.91 Å². The van der Waals surface area contributed by atoms with Gasteiger partial charge in [-0.3, -0.25) is 9.69 Å². The highest BCUT2D eigenvalue weighted by atomic mass is 35.5. The Kier molecular flexibility index (Phi) is 7.90. The zero-order chi connectivity index (χ0) is 19.8. The summed E-state index contributed by atoms with van der Waals surface area (Å²) >= 11 is 6.06. The number of nitrogens with zero attached hydrogens (tertiary/aromatic N) is 1. The lowest BCUT2D eigenvalue weighted by atomic mass is 9.93. The van der Waals surface area contributed by atoms with Crippen LogP contribution in [0.1, 0.15) is 42.9 Å². The average Bonchev–Trinajstić information content (AvgIpc) is 2.75. The second kappa shape index (κ2) is 10.6. The van der Waals surface area contributed by atoms with Crippen LogP contribution in [0.2, 0.25) is 5.02 Å². The van der Waals surface area contributed by atoms with E-state index in [1.807, 2.05) is 42.5 Å². The molecule has 0 saturated carbocycles. The smallest absolute Gasteiger partial charge is 0.220 e. The van der Waals surface area contributed by atoms with Gasteiger partial charge in [-0.05, 0) is 35.6 Å². The molecular weight excluding hydrogens is 372 g/mol. The molecule has 1 N–H and O–H groups in total. The van der Waals surface area contributed by atoms with Crippen LogP contribution in [-0.4, -0.2) is 43.7 Å². The third-order valence-corrected chi connectivity index (χ3v) is 5.68. The predicted molar refractivity (Wildman–Crippen MR) is 114 cm³/mol. The lowest BCUT2D eigenvalue weighted by molar-refractivity contribution is -0.121. The lowest BCUT2D eigenvalue weighted by Gasteiger charge is -2.35. The number of hydrogen-bond acceptors (Lipinski definition) is 3. The summed E-state index contributed by atoms with van der Waals surface area (Å²) in [6, 6.07) is 18.3. The monoisotopic (exact) mass is 400 g/mol. The van der Waals surface area contributed by atoms with Crippen molar-refractivity contribution in [2.24, 2.45) is 0 Å². The first-order valence-electron chi connectivity index (χ1n) is 10.1. The van der Waals surface area contributed by atoms with Gasteiger partial charge in [0.25, 0.3) is 0 Å². The first-order valence-corrected chi connectivity index (χ1v) is 10.4. The molecule has 150 valence electrons. The summed E-state index contributed by atoms with van der Waals surface area (Å²) in [5.41, 5.74) is 2.39. The molecule has 2 aromatic carbocycles. The molecule has 2 aromatic rings. The fourth-order valence-corrected chi connectivity index (χ4v) is 3.89. The molecule has 2 unspecified atom stereocenters. The molecule has 5 heteroatoms. The number of halogens is 1. The van der Waals surface area contributed by atoms with E-state index < -0.39 is 0 Å². The fourth-order valence-electron chi connectivity index (χ4n) is 3.76. The maximum absolute atomic E-state index is 12.7. The Morgan fingerprint density at radius 2 is 1.75 bits per heavy atom. The Labute approximate surface area is 172 Å². The minimum atomic E-state index is 0.0999. The van der Waals surface area contributed by atoms with Crippen molar-refractivity contribution in [1.82, 2.24) is 10.2 Å². The molecule has 1 fully saturated rings. The van der Waals surface area contributed by atoms with Crippen molar-refractivity contribution < 1.29 is 9.53 Å². The van der Waals surface area contributed by atoms with Crippen LogP contribution in [0.4, 0.5) is 0 Å². The van der Waals surface area contributed by atoms with Crippen LogP contribution in [0.3, 0.4) is 0 Å². The number of nitrogens with one attached hydrogen (secondary N) is 1. The molecule has 1 aliphatic heterocycles. The Hall–Kier alpha value is -1.88. The van der Waals surface area contributed by atoms with Crippen molar-refractivity contribution in [1.29, 1.82) is 0 Å². The number of amides is 1. The molecule has 2 atom stereocenters. The van der Waals surface area contributed by atoms with E-state index in [1.165, 1.54) is 11.1 Å². The van der Waals surface area contributed by atoms with Gasteiger partial charge in [0.15, 0.2) is 0 Å². The van der Waals surface area contributed by atoms with Crippen molar-refractivity contribution in [3.05, 3.63) is 70.7 Å². The van der Waals surface area contributed by atoms with Crippen molar-refractivity contribution >= 4 is 17.5 Å². The normalized spacial score (nSPS) is 17.1. The van der Waals surface area contributed by atoms with Gasteiger partial charge in [-0.25, -0.2) is 0 Å². The second-order valence-corrected chi connectivity index (χ2v) is 7.68. The summed E-state index contributed by atoms with van der Waals surface area (Å²) in [5.74, 6) is 0.349. The lowest BCUT2D eigenvalue weighted by Crippen LogP contribution is -2.44. The molecule has 0 bridgehead atoms. The fraction of sp³-hybridized carbons (Fsp3) is 0.435. The van der Waals surface area contributed by atoms with Crippen LogP contribution in [0.15, 0.2) is 54.6 Å². The van der Waals surface area contributed by atoms with Crippen LogP contribution in [0, 0.1) is 0 Å². The minimum Gasteiger partial charge on any atom is -0.379 e. The highest BCUT2D eigenvalue weighted by Crippen LogP contribution is 2.25. The molecule has 0 aromatic heterocycles. The predicted octanol–water partition coefficient (Wildman–Crippen LogP) is 4.41. The molecule has 4 nitrogen and oxygen atoms in total. The van der Waals surface area contributed by atoms with E-state index >= 15 is 0 Å². The van der Waals surface area contributed by atoms with Gasteiger partial charge < -0.3 is 10.1 Å². The zero-order valence-electron chi connectivity index (χ0n) is 16.4. The summed E-state index contributed by atoms with van der Waals surface area (Å²) in [4.78, 5) is 15.1. The third-order valence-electron chi connectivity index (χ3n) is 5.43. The molecular formula is C23H29ClN2O2. The molecule has 0 radical (unpaired) electrons. The molecule has 1 aliphatic rings. The van der Waals surface area contributed by atoms with Crippen molar-refractivity contribution in [2.75, 3.05) is 32.8 Å². The minimum absolute atomic E-state index is 0.0999.